The Morgan fingerprint density at radius 3 is 2.48 bits per heavy atom. The van der Waals surface area contributed by atoms with Gasteiger partial charge in [0.15, 0.2) is 6.61 Å². The van der Waals surface area contributed by atoms with Gasteiger partial charge in [-0.1, -0.05) is 54.2 Å². The van der Waals surface area contributed by atoms with Crippen LogP contribution in [0.5, 0.6) is 11.5 Å². The fourth-order valence-corrected chi connectivity index (χ4v) is 4.45. The lowest BCUT2D eigenvalue weighted by Crippen LogP contribution is -2.52. The van der Waals surface area contributed by atoms with Crippen LogP contribution in [0.1, 0.15) is 51.0 Å². The van der Waals surface area contributed by atoms with Gasteiger partial charge in [-0.2, -0.15) is 0 Å². The number of amides is 2. The van der Waals surface area contributed by atoms with Gasteiger partial charge in [0, 0.05) is 17.1 Å². The van der Waals surface area contributed by atoms with Crippen molar-refractivity contribution in [2.24, 2.45) is 0 Å². The molecule has 0 spiro atoms. The molecule has 7 heteroatoms. The first-order valence-electron chi connectivity index (χ1n) is 11.6. The number of nitrogens with one attached hydrogen (secondary N) is 1. The minimum atomic E-state index is -0.570. The molecular weight excluding hydrogens is 484 g/mol. The number of carbonyl (C=O) groups is 2. The molecule has 1 aliphatic rings. The fraction of sp³-hybridized carbons (Fsp3) is 0.462. The van der Waals surface area contributed by atoms with Crippen molar-refractivity contribution in [1.82, 2.24) is 10.2 Å². The number of methoxy groups -OCH3 is 1. The van der Waals surface area contributed by atoms with E-state index < -0.39 is 6.04 Å². The number of benzene rings is 2. The average Bonchev–Trinajstić information content (AvgIpc) is 2.84. The summed E-state index contributed by atoms with van der Waals surface area (Å²) in [5.74, 6) is 0.994. The van der Waals surface area contributed by atoms with Crippen LogP contribution in [-0.4, -0.2) is 42.5 Å². The van der Waals surface area contributed by atoms with Gasteiger partial charge < -0.3 is 19.7 Å². The molecule has 33 heavy (non-hydrogen) atoms. The van der Waals surface area contributed by atoms with Crippen LogP contribution in [0, 0.1) is 0 Å². The third-order valence-corrected chi connectivity index (χ3v) is 6.53. The summed E-state index contributed by atoms with van der Waals surface area (Å²) >= 11 is 3.40. The van der Waals surface area contributed by atoms with Crippen molar-refractivity contribution in [2.45, 2.75) is 64.1 Å². The Bertz CT molecular complexity index is 913. The predicted octanol–water partition coefficient (Wildman–Crippen LogP) is 5.09. The lowest BCUT2D eigenvalue weighted by Gasteiger charge is -2.32. The molecule has 0 aliphatic heterocycles. The molecule has 6 nitrogen and oxygen atoms in total. The summed E-state index contributed by atoms with van der Waals surface area (Å²) in [7, 11) is 1.61. The Balaban J connectivity index is 1.76. The van der Waals surface area contributed by atoms with E-state index in [-0.39, 0.29) is 24.5 Å². The Hall–Kier alpha value is -2.54. The summed E-state index contributed by atoms with van der Waals surface area (Å²) in [6.07, 6.45) is 6.01. The number of nitrogens with zero attached hydrogens (tertiary/aromatic N) is 1. The molecule has 1 aliphatic carbocycles. The lowest BCUT2D eigenvalue weighted by atomic mass is 9.95. The van der Waals surface area contributed by atoms with Gasteiger partial charge in [0.25, 0.3) is 5.91 Å². The minimum Gasteiger partial charge on any atom is -0.497 e. The van der Waals surface area contributed by atoms with E-state index >= 15 is 0 Å². The third kappa shape index (κ3) is 7.49. The van der Waals surface area contributed by atoms with Gasteiger partial charge in [-0.15, -0.1) is 0 Å². The SMILES string of the molecule is CCC(C(=O)NC1CCCCC1)N(Cc1cccc(OC)c1)C(=O)COc1ccc(Br)cc1. The third-order valence-electron chi connectivity index (χ3n) is 6.00. The number of ether oxygens (including phenoxy) is 2. The zero-order chi connectivity index (χ0) is 23.6. The topological polar surface area (TPSA) is 67.9 Å². The van der Waals surface area contributed by atoms with Crippen molar-refractivity contribution in [3.8, 4) is 11.5 Å². The van der Waals surface area contributed by atoms with Gasteiger partial charge in [0.05, 0.1) is 7.11 Å². The molecule has 1 N–H and O–H groups in total. The highest BCUT2D eigenvalue weighted by Crippen LogP contribution is 2.21. The largest absolute Gasteiger partial charge is 0.497 e. The summed E-state index contributed by atoms with van der Waals surface area (Å²) in [5.41, 5.74) is 0.898. The number of rotatable bonds is 10. The standard InChI is InChI=1S/C26H33BrN2O4/c1-3-24(26(31)28-21-9-5-4-6-10-21)29(17-19-8-7-11-23(16-19)32-2)25(30)18-33-22-14-12-20(27)13-15-22/h7-8,11-16,21,24H,3-6,9-10,17-18H2,1-2H3,(H,28,31). The molecule has 1 saturated carbocycles. The second-order valence-electron chi connectivity index (χ2n) is 8.38. The molecule has 3 rings (SSSR count). The Morgan fingerprint density at radius 2 is 1.82 bits per heavy atom. The van der Waals surface area contributed by atoms with Crippen molar-refractivity contribution in [1.29, 1.82) is 0 Å². The van der Waals surface area contributed by atoms with E-state index in [1.54, 1.807) is 24.1 Å². The van der Waals surface area contributed by atoms with E-state index in [9.17, 15) is 9.59 Å². The monoisotopic (exact) mass is 516 g/mol. The van der Waals surface area contributed by atoms with Gasteiger partial charge in [0.2, 0.25) is 5.91 Å². The second-order valence-corrected chi connectivity index (χ2v) is 9.30. The van der Waals surface area contributed by atoms with Crippen molar-refractivity contribution >= 4 is 27.7 Å². The summed E-state index contributed by atoms with van der Waals surface area (Å²) in [5, 5.41) is 3.19. The molecule has 2 amide bonds. The number of hydrogen-bond acceptors (Lipinski definition) is 4. The molecule has 0 heterocycles. The van der Waals surface area contributed by atoms with Crippen LogP contribution in [0.3, 0.4) is 0 Å². The Labute approximate surface area is 204 Å². The first-order valence-corrected chi connectivity index (χ1v) is 12.4. The van der Waals surface area contributed by atoms with Crippen LogP contribution in [0.15, 0.2) is 53.0 Å². The van der Waals surface area contributed by atoms with E-state index in [4.69, 9.17) is 9.47 Å². The second kappa shape index (κ2) is 12.6. The van der Waals surface area contributed by atoms with Gasteiger partial charge >= 0.3 is 0 Å². The van der Waals surface area contributed by atoms with Crippen molar-refractivity contribution in [3.63, 3.8) is 0 Å². The highest BCUT2D eigenvalue weighted by Gasteiger charge is 2.30. The summed E-state index contributed by atoms with van der Waals surface area (Å²) in [4.78, 5) is 28.2. The van der Waals surface area contributed by atoms with Crippen LogP contribution in [-0.2, 0) is 16.1 Å². The number of carbonyl (C=O) groups excluding carboxylic acids is 2. The van der Waals surface area contributed by atoms with Crippen molar-refractivity contribution in [2.75, 3.05) is 13.7 Å². The molecule has 178 valence electrons. The van der Waals surface area contributed by atoms with Crippen molar-refractivity contribution < 1.29 is 19.1 Å². The molecule has 1 fully saturated rings. The average molecular weight is 517 g/mol. The number of hydrogen-bond donors (Lipinski definition) is 1. The van der Waals surface area contributed by atoms with Gasteiger partial charge in [-0.05, 0) is 61.2 Å². The molecule has 0 radical (unpaired) electrons. The summed E-state index contributed by atoms with van der Waals surface area (Å²) in [6, 6.07) is 14.5. The summed E-state index contributed by atoms with van der Waals surface area (Å²) < 4.78 is 12.0. The molecule has 2 aromatic rings. The smallest absolute Gasteiger partial charge is 0.261 e. The molecular formula is C26H33BrN2O4. The maximum absolute atomic E-state index is 13.3. The highest BCUT2D eigenvalue weighted by molar-refractivity contribution is 9.10. The van der Waals surface area contributed by atoms with Gasteiger partial charge in [-0.3, -0.25) is 9.59 Å². The highest BCUT2D eigenvalue weighted by atomic mass is 79.9. The van der Waals surface area contributed by atoms with Crippen LogP contribution < -0.4 is 14.8 Å². The number of halogens is 1. The normalized spacial score (nSPS) is 14.9. The van der Waals surface area contributed by atoms with Crippen LogP contribution in [0.25, 0.3) is 0 Å². The van der Waals surface area contributed by atoms with E-state index in [0.29, 0.717) is 24.5 Å². The molecule has 1 atom stereocenters. The molecule has 0 aromatic heterocycles. The fourth-order valence-electron chi connectivity index (χ4n) is 4.19. The van der Waals surface area contributed by atoms with E-state index in [0.717, 1.165) is 35.7 Å². The quantitative estimate of drug-likeness (QED) is 0.477. The maximum atomic E-state index is 13.3. The first kappa shape index (κ1) is 25.1. The zero-order valence-corrected chi connectivity index (χ0v) is 21.0. The maximum Gasteiger partial charge on any atom is 0.261 e. The van der Waals surface area contributed by atoms with E-state index in [1.807, 2.05) is 43.3 Å². The van der Waals surface area contributed by atoms with E-state index in [1.165, 1.54) is 6.42 Å². The Morgan fingerprint density at radius 1 is 1.09 bits per heavy atom. The predicted molar refractivity (Wildman–Crippen MR) is 132 cm³/mol. The first-order chi connectivity index (χ1) is 16.0. The van der Waals surface area contributed by atoms with Gasteiger partial charge in [0.1, 0.15) is 17.5 Å². The van der Waals surface area contributed by atoms with Crippen molar-refractivity contribution in [3.05, 3.63) is 58.6 Å². The van der Waals surface area contributed by atoms with Crippen LogP contribution in [0.2, 0.25) is 0 Å². The van der Waals surface area contributed by atoms with Crippen LogP contribution >= 0.6 is 15.9 Å². The van der Waals surface area contributed by atoms with Gasteiger partial charge in [-0.25, -0.2) is 0 Å². The molecule has 2 aromatic carbocycles. The molecule has 0 saturated heterocycles. The van der Waals surface area contributed by atoms with E-state index in [2.05, 4.69) is 21.2 Å². The minimum absolute atomic E-state index is 0.0933. The Kier molecular flexibility index (Phi) is 9.61. The lowest BCUT2D eigenvalue weighted by molar-refractivity contribution is -0.143. The molecule has 0 bridgehead atoms. The zero-order valence-electron chi connectivity index (χ0n) is 19.4. The molecule has 1 unspecified atom stereocenters. The summed E-state index contributed by atoms with van der Waals surface area (Å²) in [6.45, 7) is 2.10. The van der Waals surface area contributed by atoms with Crippen LogP contribution in [0.4, 0.5) is 0 Å².